The molecule has 0 N–H and O–H groups in total. The zero-order valence-electron chi connectivity index (χ0n) is 11.8. The normalized spacial score (nSPS) is 45.6. The first-order valence-electron chi connectivity index (χ1n) is 7.34. The zero-order valence-corrected chi connectivity index (χ0v) is 11.8. The van der Waals surface area contributed by atoms with Gasteiger partial charge in [-0.25, -0.2) is 13.2 Å². The Morgan fingerprint density at radius 2 is 1.43 bits per heavy atom. The molecule has 5 unspecified atom stereocenters. The molecule has 0 aromatic rings. The van der Waals surface area contributed by atoms with Crippen LogP contribution in [-0.4, -0.2) is 31.0 Å². The Bertz CT molecular complexity index is 335. The summed E-state index contributed by atoms with van der Waals surface area (Å²) in [7, 11) is 0. The van der Waals surface area contributed by atoms with Crippen molar-refractivity contribution >= 4 is 0 Å². The van der Waals surface area contributed by atoms with Crippen LogP contribution in [0.25, 0.3) is 0 Å². The Morgan fingerprint density at radius 1 is 0.857 bits per heavy atom. The Labute approximate surface area is 120 Å². The van der Waals surface area contributed by atoms with E-state index >= 15 is 0 Å². The minimum Gasteiger partial charge on any atom is -0.282 e. The summed E-state index contributed by atoms with van der Waals surface area (Å²) in [5.74, 6) is -0.765. The molecule has 0 heterocycles. The smallest absolute Gasteiger partial charge is 0.282 e. The van der Waals surface area contributed by atoms with E-state index in [1.165, 1.54) is 0 Å². The van der Waals surface area contributed by atoms with E-state index in [2.05, 4.69) is 4.74 Å². The van der Waals surface area contributed by atoms with Gasteiger partial charge in [0, 0.05) is 0 Å². The standard InChI is InChI=1S/C14H20F6O/c1-7-2-3-9(10(15)4-7)8-5-11(16)13(12(17)6-8)21-14(18,19)20/h7-13H,2-6H2,1H3. The van der Waals surface area contributed by atoms with Crippen molar-refractivity contribution in [3.8, 4) is 0 Å². The van der Waals surface area contributed by atoms with Crippen LogP contribution in [0.15, 0.2) is 0 Å². The topological polar surface area (TPSA) is 9.23 Å². The molecule has 0 aliphatic heterocycles. The predicted octanol–water partition coefficient (Wildman–Crippen LogP) is 4.75. The molecule has 0 bridgehead atoms. The van der Waals surface area contributed by atoms with E-state index < -0.39 is 42.8 Å². The van der Waals surface area contributed by atoms with Crippen molar-refractivity contribution in [2.45, 2.75) is 70.0 Å². The van der Waals surface area contributed by atoms with Gasteiger partial charge in [-0.05, 0) is 43.4 Å². The van der Waals surface area contributed by atoms with Crippen LogP contribution in [0.4, 0.5) is 26.3 Å². The quantitative estimate of drug-likeness (QED) is 0.668. The number of alkyl halides is 6. The second kappa shape index (κ2) is 6.34. The first kappa shape index (κ1) is 16.9. The first-order chi connectivity index (χ1) is 9.67. The van der Waals surface area contributed by atoms with Crippen LogP contribution in [0.3, 0.4) is 0 Å². The lowest BCUT2D eigenvalue weighted by atomic mass is 9.69. The number of hydrogen-bond donors (Lipinski definition) is 0. The number of halogens is 6. The van der Waals surface area contributed by atoms with Gasteiger partial charge in [-0.3, -0.25) is 4.74 Å². The van der Waals surface area contributed by atoms with Crippen LogP contribution in [0.2, 0.25) is 0 Å². The Morgan fingerprint density at radius 3 is 1.90 bits per heavy atom. The van der Waals surface area contributed by atoms with Gasteiger partial charge >= 0.3 is 6.36 Å². The second-order valence-electron chi connectivity index (χ2n) is 6.39. The van der Waals surface area contributed by atoms with Gasteiger partial charge in [0.15, 0.2) is 0 Å². The van der Waals surface area contributed by atoms with Gasteiger partial charge in [0.05, 0.1) is 0 Å². The van der Waals surface area contributed by atoms with E-state index in [-0.39, 0.29) is 18.8 Å². The number of hydrogen-bond acceptors (Lipinski definition) is 1. The second-order valence-corrected chi connectivity index (χ2v) is 6.39. The third-order valence-corrected chi connectivity index (χ3v) is 4.73. The Hall–Kier alpha value is -0.460. The average molecular weight is 318 g/mol. The first-order valence-corrected chi connectivity index (χ1v) is 7.34. The van der Waals surface area contributed by atoms with E-state index in [1.54, 1.807) is 0 Å². The van der Waals surface area contributed by atoms with Gasteiger partial charge in [0.2, 0.25) is 0 Å². The molecule has 2 aliphatic rings. The molecule has 0 saturated heterocycles. The SMILES string of the molecule is CC1CCC(C2CC(F)C(OC(F)(F)F)C(F)C2)C(F)C1. The van der Waals surface area contributed by atoms with Crippen molar-refractivity contribution in [2.24, 2.45) is 17.8 Å². The molecule has 2 aliphatic carbocycles. The molecule has 2 rings (SSSR count). The Balaban J connectivity index is 1.98. The van der Waals surface area contributed by atoms with Gasteiger partial charge in [-0.1, -0.05) is 13.3 Å². The van der Waals surface area contributed by atoms with Gasteiger partial charge in [-0.15, -0.1) is 13.2 Å². The van der Waals surface area contributed by atoms with Crippen LogP contribution >= 0.6 is 0 Å². The minimum absolute atomic E-state index is 0.239. The summed E-state index contributed by atoms with van der Waals surface area (Å²) in [6, 6.07) is 0. The molecule has 21 heavy (non-hydrogen) atoms. The fourth-order valence-corrected chi connectivity index (χ4v) is 3.69. The minimum atomic E-state index is -5.06. The van der Waals surface area contributed by atoms with Crippen LogP contribution in [0.1, 0.15) is 39.0 Å². The summed E-state index contributed by atoms with van der Waals surface area (Å²) < 4.78 is 81.7. The van der Waals surface area contributed by atoms with Crippen molar-refractivity contribution in [1.29, 1.82) is 0 Å². The molecule has 7 heteroatoms. The summed E-state index contributed by atoms with van der Waals surface area (Å²) in [4.78, 5) is 0. The monoisotopic (exact) mass is 318 g/mol. The maximum absolute atomic E-state index is 14.0. The molecule has 5 atom stereocenters. The third kappa shape index (κ3) is 4.27. The molecule has 1 nitrogen and oxygen atoms in total. The fraction of sp³-hybridized carbons (Fsp3) is 1.00. The van der Waals surface area contributed by atoms with Gasteiger partial charge in [0.1, 0.15) is 24.6 Å². The summed E-state index contributed by atoms with van der Waals surface area (Å²) in [6.07, 6.45) is -11.2. The van der Waals surface area contributed by atoms with Crippen molar-refractivity contribution in [3.63, 3.8) is 0 Å². The van der Waals surface area contributed by atoms with E-state index in [0.717, 1.165) is 6.42 Å². The third-order valence-electron chi connectivity index (χ3n) is 4.73. The molecule has 2 fully saturated rings. The molecular formula is C14H20F6O. The molecule has 0 radical (unpaired) electrons. The highest BCUT2D eigenvalue weighted by Gasteiger charge is 2.48. The number of rotatable bonds is 2. The molecular weight excluding hydrogens is 298 g/mol. The fourth-order valence-electron chi connectivity index (χ4n) is 3.69. The average Bonchev–Trinajstić information content (AvgIpc) is 2.32. The van der Waals surface area contributed by atoms with Crippen molar-refractivity contribution in [2.75, 3.05) is 0 Å². The Kier molecular flexibility index (Phi) is 5.11. The van der Waals surface area contributed by atoms with Gasteiger partial charge in [0.25, 0.3) is 0 Å². The lowest BCUT2D eigenvalue weighted by molar-refractivity contribution is -0.358. The van der Waals surface area contributed by atoms with Gasteiger partial charge in [-0.2, -0.15) is 0 Å². The number of ether oxygens (including phenoxy) is 1. The lowest BCUT2D eigenvalue weighted by Gasteiger charge is -2.41. The zero-order chi connectivity index (χ0) is 15.8. The predicted molar refractivity (Wildman–Crippen MR) is 64.8 cm³/mol. The van der Waals surface area contributed by atoms with Crippen LogP contribution < -0.4 is 0 Å². The lowest BCUT2D eigenvalue weighted by Crippen LogP contribution is -2.47. The molecule has 0 aromatic heterocycles. The summed E-state index contributed by atoms with van der Waals surface area (Å²) in [5, 5.41) is 0. The van der Waals surface area contributed by atoms with E-state index in [1.807, 2.05) is 6.92 Å². The van der Waals surface area contributed by atoms with E-state index in [9.17, 15) is 26.3 Å². The maximum Gasteiger partial charge on any atom is 0.522 e. The van der Waals surface area contributed by atoms with Crippen molar-refractivity contribution in [1.82, 2.24) is 0 Å². The van der Waals surface area contributed by atoms with Crippen LogP contribution in [-0.2, 0) is 4.74 Å². The molecule has 0 amide bonds. The van der Waals surface area contributed by atoms with Crippen LogP contribution in [0.5, 0.6) is 0 Å². The molecule has 124 valence electrons. The van der Waals surface area contributed by atoms with E-state index in [0.29, 0.717) is 12.8 Å². The summed E-state index contributed by atoms with van der Waals surface area (Å²) >= 11 is 0. The van der Waals surface area contributed by atoms with Gasteiger partial charge < -0.3 is 0 Å². The summed E-state index contributed by atoms with van der Waals surface area (Å²) in [5.41, 5.74) is 0. The largest absolute Gasteiger partial charge is 0.522 e. The van der Waals surface area contributed by atoms with Crippen molar-refractivity contribution < 1.29 is 31.1 Å². The molecule has 0 spiro atoms. The van der Waals surface area contributed by atoms with Crippen molar-refractivity contribution in [3.05, 3.63) is 0 Å². The van der Waals surface area contributed by atoms with Crippen LogP contribution in [0, 0.1) is 17.8 Å². The highest BCUT2D eigenvalue weighted by molar-refractivity contribution is 4.93. The van der Waals surface area contributed by atoms with E-state index in [4.69, 9.17) is 0 Å². The summed E-state index contributed by atoms with van der Waals surface area (Å²) in [6.45, 7) is 1.92. The highest BCUT2D eigenvalue weighted by Crippen LogP contribution is 2.44. The molecule has 2 saturated carbocycles. The molecule has 0 aromatic carbocycles. The highest BCUT2D eigenvalue weighted by atomic mass is 19.4. The maximum atomic E-state index is 14.0.